The minimum Gasteiger partial charge on any atom is -0.476 e. The lowest BCUT2D eigenvalue weighted by molar-refractivity contribution is 0.0686. The topological polar surface area (TPSA) is 75.4 Å². The third-order valence-corrected chi connectivity index (χ3v) is 3.41. The molecule has 0 atom stereocenters. The number of aromatic nitrogens is 1. The summed E-state index contributed by atoms with van der Waals surface area (Å²) in [5.74, 6) is 4.85. The van der Waals surface area contributed by atoms with Gasteiger partial charge in [-0.15, -0.1) is 0 Å². The molecule has 0 bridgehead atoms. The summed E-state index contributed by atoms with van der Waals surface area (Å²) >= 11 is 0. The van der Waals surface area contributed by atoms with Gasteiger partial charge in [-0.25, -0.2) is 9.18 Å². The number of anilines is 2. The predicted molar refractivity (Wildman–Crippen MR) is 90.3 cm³/mol. The molecule has 1 aromatic heterocycles. The van der Waals surface area contributed by atoms with Crippen molar-refractivity contribution in [3.63, 3.8) is 0 Å². The van der Waals surface area contributed by atoms with Crippen LogP contribution in [0.2, 0.25) is 0 Å². The number of benzene rings is 2. The second-order valence-electron chi connectivity index (χ2n) is 5.23. The number of halogens is 1. The molecule has 3 aromatic rings. The fraction of sp³-hybridized carbons (Fsp3) is 0.0526. The van der Waals surface area contributed by atoms with Gasteiger partial charge in [-0.05, 0) is 55.5 Å². The smallest absolute Gasteiger partial charge is 0.360 e. The summed E-state index contributed by atoms with van der Waals surface area (Å²) in [6.45, 7) is 1.63. The van der Waals surface area contributed by atoms with Gasteiger partial charge in [0.05, 0.1) is 0 Å². The number of hydrogen-bond acceptors (Lipinski definition) is 4. The van der Waals surface area contributed by atoms with Crippen molar-refractivity contribution in [2.45, 2.75) is 6.92 Å². The van der Waals surface area contributed by atoms with Gasteiger partial charge in [0.2, 0.25) is 5.69 Å². The number of carboxylic acid groups (broad SMARTS) is 1. The Bertz CT molecular complexity index is 965. The van der Waals surface area contributed by atoms with E-state index in [1.54, 1.807) is 43.3 Å². The van der Waals surface area contributed by atoms with Crippen molar-refractivity contribution in [3.8, 4) is 11.8 Å². The second-order valence-corrected chi connectivity index (χ2v) is 5.23. The van der Waals surface area contributed by atoms with Crippen molar-refractivity contribution >= 4 is 17.3 Å². The molecule has 0 aliphatic heterocycles. The maximum atomic E-state index is 12.9. The van der Waals surface area contributed by atoms with Crippen molar-refractivity contribution < 1.29 is 18.8 Å². The number of carboxylic acids is 1. The van der Waals surface area contributed by atoms with Crippen LogP contribution in [0.4, 0.5) is 15.8 Å². The maximum absolute atomic E-state index is 12.9. The Labute approximate surface area is 143 Å². The minimum atomic E-state index is -1.17. The van der Waals surface area contributed by atoms with E-state index in [1.165, 1.54) is 12.1 Å². The lowest BCUT2D eigenvalue weighted by Crippen LogP contribution is -2.02. The van der Waals surface area contributed by atoms with Crippen LogP contribution in [0.3, 0.4) is 0 Å². The molecule has 1 heterocycles. The van der Waals surface area contributed by atoms with Crippen molar-refractivity contribution in [1.82, 2.24) is 5.16 Å². The SMILES string of the molecule is Cc1onc(C(=O)O)c1Nc1ccc(C#Cc2ccc(F)cc2)cc1. The summed E-state index contributed by atoms with van der Waals surface area (Å²) in [5, 5.41) is 15.6. The quantitative estimate of drug-likeness (QED) is 0.708. The van der Waals surface area contributed by atoms with Crippen LogP contribution in [0.1, 0.15) is 27.4 Å². The highest BCUT2D eigenvalue weighted by molar-refractivity contribution is 5.93. The molecule has 6 heteroatoms. The fourth-order valence-electron chi connectivity index (χ4n) is 2.12. The molecule has 124 valence electrons. The van der Waals surface area contributed by atoms with Gasteiger partial charge in [0.25, 0.3) is 0 Å². The average molecular weight is 336 g/mol. The number of hydrogen-bond donors (Lipinski definition) is 2. The summed E-state index contributed by atoms with van der Waals surface area (Å²) in [6, 6.07) is 13.1. The highest BCUT2D eigenvalue weighted by Crippen LogP contribution is 2.24. The molecule has 3 rings (SSSR count). The number of aromatic carboxylic acids is 1. The maximum Gasteiger partial charge on any atom is 0.360 e. The monoisotopic (exact) mass is 336 g/mol. The highest BCUT2D eigenvalue weighted by Gasteiger charge is 2.18. The van der Waals surface area contributed by atoms with Gasteiger partial charge >= 0.3 is 5.97 Å². The van der Waals surface area contributed by atoms with Crippen LogP contribution in [-0.2, 0) is 0 Å². The van der Waals surface area contributed by atoms with E-state index in [2.05, 4.69) is 22.3 Å². The van der Waals surface area contributed by atoms with Crippen molar-refractivity contribution in [2.24, 2.45) is 0 Å². The molecule has 0 fully saturated rings. The van der Waals surface area contributed by atoms with E-state index in [4.69, 9.17) is 9.63 Å². The van der Waals surface area contributed by atoms with Crippen LogP contribution >= 0.6 is 0 Å². The first-order valence-corrected chi connectivity index (χ1v) is 7.37. The summed E-state index contributed by atoms with van der Waals surface area (Å²) < 4.78 is 17.8. The molecule has 0 aliphatic rings. The van der Waals surface area contributed by atoms with E-state index in [1.807, 2.05) is 0 Å². The van der Waals surface area contributed by atoms with Crippen molar-refractivity contribution in [3.05, 3.63) is 76.9 Å². The molecule has 5 nitrogen and oxygen atoms in total. The molecule has 0 saturated carbocycles. The van der Waals surface area contributed by atoms with Gasteiger partial charge in [0, 0.05) is 16.8 Å². The Morgan fingerprint density at radius 2 is 1.64 bits per heavy atom. The van der Waals surface area contributed by atoms with Crippen LogP contribution in [-0.4, -0.2) is 16.2 Å². The van der Waals surface area contributed by atoms with E-state index in [9.17, 15) is 9.18 Å². The van der Waals surface area contributed by atoms with E-state index in [-0.39, 0.29) is 11.5 Å². The number of nitrogens with one attached hydrogen (secondary N) is 1. The third kappa shape index (κ3) is 3.85. The zero-order valence-electron chi connectivity index (χ0n) is 13.2. The molecular weight excluding hydrogens is 323 g/mol. The molecule has 0 saturated heterocycles. The van der Waals surface area contributed by atoms with Gasteiger partial charge < -0.3 is 14.9 Å². The molecule has 0 radical (unpaired) electrons. The molecule has 2 aromatic carbocycles. The van der Waals surface area contributed by atoms with Gasteiger partial charge in [-0.1, -0.05) is 17.0 Å². The molecule has 0 spiro atoms. The van der Waals surface area contributed by atoms with Crippen LogP contribution in [0, 0.1) is 24.6 Å². The predicted octanol–water partition coefficient (Wildman–Crippen LogP) is 3.96. The number of nitrogens with zero attached hydrogens (tertiary/aromatic N) is 1. The molecule has 0 unspecified atom stereocenters. The summed E-state index contributed by atoms with van der Waals surface area (Å²) in [7, 11) is 0. The number of carbonyl (C=O) groups is 1. The van der Waals surface area contributed by atoms with Gasteiger partial charge in [0.15, 0.2) is 5.76 Å². The van der Waals surface area contributed by atoms with Gasteiger partial charge in [-0.2, -0.15) is 0 Å². The Morgan fingerprint density at radius 3 is 2.20 bits per heavy atom. The van der Waals surface area contributed by atoms with E-state index < -0.39 is 5.97 Å². The van der Waals surface area contributed by atoms with Gasteiger partial charge in [-0.3, -0.25) is 0 Å². The molecule has 0 amide bonds. The first-order chi connectivity index (χ1) is 12.0. The Balaban J connectivity index is 1.76. The lowest BCUT2D eigenvalue weighted by atomic mass is 10.1. The Morgan fingerprint density at radius 1 is 1.08 bits per heavy atom. The number of rotatable bonds is 3. The zero-order valence-corrected chi connectivity index (χ0v) is 13.2. The molecule has 25 heavy (non-hydrogen) atoms. The van der Waals surface area contributed by atoms with Crippen molar-refractivity contribution in [2.75, 3.05) is 5.32 Å². The molecule has 0 aliphatic carbocycles. The normalized spacial score (nSPS) is 10.0. The van der Waals surface area contributed by atoms with E-state index in [0.717, 1.165) is 11.1 Å². The van der Waals surface area contributed by atoms with E-state index in [0.29, 0.717) is 17.1 Å². The third-order valence-electron chi connectivity index (χ3n) is 3.41. The van der Waals surface area contributed by atoms with Gasteiger partial charge in [0.1, 0.15) is 11.5 Å². The first kappa shape index (κ1) is 16.3. The average Bonchev–Trinajstić information content (AvgIpc) is 2.97. The van der Waals surface area contributed by atoms with Crippen LogP contribution in [0.5, 0.6) is 0 Å². The molecular formula is C19H13FN2O3. The summed E-state index contributed by atoms with van der Waals surface area (Å²) in [5.41, 5.74) is 2.32. The first-order valence-electron chi connectivity index (χ1n) is 7.37. The van der Waals surface area contributed by atoms with Crippen LogP contribution < -0.4 is 5.32 Å². The number of aryl methyl sites for hydroxylation is 1. The summed E-state index contributed by atoms with van der Waals surface area (Å²) in [4.78, 5) is 11.1. The largest absolute Gasteiger partial charge is 0.476 e. The lowest BCUT2D eigenvalue weighted by Gasteiger charge is -2.05. The standard InChI is InChI=1S/C19H13FN2O3/c1-12-17(18(19(23)24)22-25-12)21-16-10-6-14(7-11-16)3-2-13-4-8-15(20)9-5-13/h4-11,21H,1H3,(H,23,24). The van der Waals surface area contributed by atoms with Crippen LogP contribution in [0.25, 0.3) is 0 Å². The zero-order chi connectivity index (χ0) is 17.8. The summed E-state index contributed by atoms with van der Waals surface area (Å²) in [6.07, 6.45) is 0. The second kappa shape index (κ2) is 6.89. The fourth-order valence-corrected chi connectivity index (χ4v) is 2.12. The van der Waals surface area contributed by atoms with Crippen molar-refractivity contribution in [1.29, 1.82) is 0 Å². The molecule has 2 N–H and O–H groups in total. The minimum absolute atomic E-state index is 0.169. The Kier molecular flexibility index (Phi) is 4.48. The Hall–Kier alpha value is -3.59. The highest BCUT2D eigenvalue weighted by atomic mass is 19.1. The van der Waals surface area contributed by atoms with Crippen LogP contribution in [0.15, 0.2) is 53.1 Å². The van der Waals surface area contributed by atoms with E-state index >= 15 is 0 Å².